The van der Waals surface area contributed by atoms with Gasteiger partial charge in [0.25, 0.3) is 5.91 Å². The SMILES string of the molecule is CC(NC(=O)c1cccc(F)c1)c1ccc(OCc2cccnc2)cc1. The van der Waals surface area contributed by atoms with Gasteiger partial charge in [-0.25, -0.2) is 4.39 Å². The van der Waals surface area contributed by atoms with Crippen LogP contribution in [0.25, 0.3) is 0 Å². The molecule has 5 heteroatoms. The molecule has 3 rings (SSSR count). The highest BCUT2D eigenvalue weighted by molar-refractivity contribution is 5.94. The summed E-state index contributed by atoms with van der Waals surface area (Å²) >= 11 is 0. The van der Waals surface area contributed by atoms with Gasteiger partial charge in [-0.2, -0.15) is 0 Å². The second kappa shape index (κ2) is 8.25. The zero-order valence-electron chi connectivity index (χ0n) is 14.4. The summed E-state index contributed by atoms with van der Waals surface area (Å²) in [6.07, 6.45) is 3.48. The zero-order chi connectivity index (χ0) is 18.4. The van der Waals surface area contributed by atoms with Gasteiger partial charge in [-0.05, 0) is 48.9 Å². The number of aromatic nitrogens is 1. The molecule has 0 saturated heterocycles. The van der Waals surface area contributed by atoms with E-state index in [0.717, 1.165) is 16.9 Å². The molecule has 0 fully saturated rings. The molecule has 0 radical (unpaired) electrons. The lowest BCUT2D eigenvalue weighted by atomic mass is 10.1. The highest BCUT2D eigenvalue weighted by Gasteiger charge is 2.12. The Morgan fingerprint density at radius 2 is 1.96 bits per heavy atom. The lowest BCUT2D eigenvalue weighted by Crippen LogP contribution is -2.26. The minimum Gasteiger partial charge on any atom is -0.489 e. The molecule has 0 aliphatic carbocycles. The van der Waals surface area contributed by atoms with Gasteiger partial charge in [0.15, 0.2) is 0 Å². The molecular formula is C21H19FN2O2. The van der Waals surface area contributed by atoms with E-state index in [2.05, 4.69) is 10.3 Å². The van der Waals surface area contributed by atoms with Gasteiger partial charge in [0.2, 0.25) is 0 Å². The van der Waals surface area contributed by atoms with E-state index in [1.54, 1.807) is 18.5 Å². The lowest BCUT2D eigenvalue weighted by molar-refractivity contribution is 0.0939. The predicted octanol–water partition coefficient (Wildman–Crippen LogP) is 4.29. The Balaban J connectivity index is 1.58. The summed E-state index contributed by atoms with van der Waals surface area (Å²) in [6, 6.07) is 16.7. The van der Waals surface area contributed by atoms with Crippen molar-refractivity contribution in [1.82, 2.24) is 10.3 Å². The van der Waals surface area contributed by atoms with E-state index in [4.69, 9.17) is 4.74 Å². The number of halogens is 1. The number of rotatable bonds is 6. The quantitative estimate of drug-likeness (QED) is 0.721. The minimum absolute atomic E-state index is 0.210. The third-order valence-corrected chi connectivity index (χ3v) is 3.94. The summed E-state index contributed by atoms with van der Waals surface area (Å²) < 4.78 is 19.0. The summed E-state index contributed by atoms with van der Waals surface area (Å²) in [5.74, 6) is -0.00409. The molecule has 2 aromatic carbocycles. The first-order valence-electron chi connectivity index (χ1n) is 8.30. The normalized spacial score (nSPS) is 11.6. The van der Waals surface area contributed by atoms with Crippen molar-refractivity contribution >= 4 is 5.91 Å². The van der Waals surface area contributed by atoms with Gasteiger partial charge in [0.1, 0.15) is 18.2 Å². The van der Waals surface area contributed by atoms with Crippen molar-refractivity contribution in [3.05, 3.63) is 95.6 Å². The Labute approximate surface area is 151 Å². The molecule has 1 aromatic heterocycles. The van der Waals surface area contributed by atoms with Crippen LogP contribution in [0.4, 0.5) is 4.39 Å². The van der Waals surface area contributed by atoms with E-state index in [1.807, 2.05) is 43.3 Å². The van der Waals surface area contributed by atoms with Crippen LogP contribution < -0.4 is 10.1 Å². The summed E-state index contributed by atoms with van der Waals surface area (Å²) in [6.45, 7) is 2.32. The molecule has 0 spiro atoms. The van der Waals surface area contributed by atoms with Crippen molar-refractivity contribution in [3.8, 4) is 5.75 Å². The maximum atomic E-state index is 13.2. The molecule has 132 valence electrons. The average molecular weight is 350 g/mol. The number of benzene rings is 2. The van der Waals surface area contributed by atoms with Crippen LogP contribution in [0.5, 0.6) is 5.75 Å². The van der Waals surface area contributed by atoms with Gasteiger partial charge >= 0.3 is 0 Å². The molecule has 0 aliphatic heterocycles. The van der Waals surface area contributed by atoms with E-state index in [-0.39, 0.29) is 11.9 Å². The van der Waals surface area contributed by atoms with Gasteiger partial charge in [-0.3, -0.25) is 9.78 Å². The molecule has 1 amide bonds. The van der Waals surface area contributed by atoms with Crippen LogP contribution in [0.2, 0.25) is 0 Å². The van der Waals surface area contributed by atoms with Crippen LogP contribution in [0.3, 0.4) is 0 Å². The molecule has 0 saturated carbocycles. The van der Waals surface area contributed by atoms with E-state index in [1.165, 1.54) is 18.2 Å². The standard InChI is InChI=1S/C21H19FN2O2/c1-15(24-21(25)18-5-2-6-19(22)12-18)17-7-9-20(10-8-17)26-14-16-4-3-11-23-13-16/h2-13,15H,14H2,1H3,(H,24,25). The Bertz CT molecular complexity index is 867. The molecule has 0 bridgehead atoms. The number of carbonyl (C=O) groups is 1. The van der Waals surface area contributed by atoms with Crippen molar-refractivity contribution in [2.45, 2.75) is 19.6 Å². The third-order valence-electron chi connectivity index (χ3n) is 3.94. The monoisotopic (exact) mass is 350 g/mol. The van der Waals surface area contributed by atoms with Gasteiger partial charge in [0, 0.05) is 23.5 Å². The second-order valence-corrected chi connectivity index (χ2v) is 5.92. The Kier molecular flexibility index (Phi) is 5.59. The first kappa shape index (κ1) is 17.6. The number of nitrogens with zero attached hydrogens (tertiary/aromatic N) is 1. The lowest BCUT2D eigenvalue weighted by Gasteiger charge is -2.15. The molecule has 1 heterocycles. The van der Waals surface area contributed by atoms with E-state index in [9.17, 15) is 9.18 Å². The highest BCUT2D eigenvalue weighted by Crippen LogP contribution is 2.19. The average Bonchev–Trinajstić information content (AvgIpc) is 2.67. The summed E-state index contributed by atoms with van der Waals surface area (Å²) in [4.78, 5) is 16.2. The van der Waals surface area contributed by atoms with Crippen molar-refractivity contribution in [2.24, 2.45) is 0 Å². The second-order valence-electron chi connectivity index (χ2n) is 5.92. The maximum absolute atomic E-state index is 13.2. The molecule has 1 N–H and O–H groups in total. The van der Waals surface area contributed by atoms with Crippen LogP contribution in [0.15, 0.2) is 73.1 Å². The first-order valence-corrected chi connectivity index (χ1v) is 8.30. The molecule has 3 aromatic rings. The number of hydrogen-bond donors (Lipinski definition) is 1. The Morgan fingerprint density at radius 3 is 2.65 bits per heavy atom. The fourth-order valence-corrected chi connectivity index (χ4v) is 2.50. The fraction of sp³-hybridized carbons (Fsp3) is 0.143. The van der Waals surface area contributed by atoms with Crippen LogP contribution >= 0.6 is 0 Å². The van der Waals surface area contributed by atoms with Crippen LogP contribution in [-0.2, 0) is 6.61 Å². The molecule has 4 nitrogen and oxygen atoms in total. The van der Waals surface area contributed by atoms with Crippen molar-refractivity contribution in [1.29, 1.82) is 0 Å². The third kappa shape index (κ3) is 4.66. The van der Waals surface area contributed by atoms with Crippen LogP contribution in [-0.4, -0.2) is 10.9 Å². The van der Waals surface area contributed by atoms with Crippen molar-refractivity contribution < 1.29 is 13.9 Å². The molecular weight excluding hydrogens is 331 g/mol. The van der Waals surface area contributed by atoms with Crippen molar-refractivity contribution in [3.63, 3.8) is 0 Å². The van der Waals surface area contributed by atoms with Gasteiger partial charge < -0.3 is 10.1 Å². The highest BCUT2D eigenvalue weighted by atomic mass is 19.1. The smallest absolute Gasteiger partial charge is 0.251 e. The number of amides is 1. The van der Waals surface area contributed by atoms with E-state index in [0.29, 0.717) is 12.2 Å². The molecule has 0 aliphatic rings. The van der Waals surface area contributed by atoms with Gasteiger partial charge in [-0.15, -0.1) is 0 Å². The summed E-state index contributed by atoms with van der Waals surface area (Å²) in [5.41, 5.74) is 2.23. The molecule has 1 unspecified atom stereocenters. The summed E-state index contributed by atoms with van der Waals surface area (Å²) in [7, 11) is 0. The fourth-order valence-electron chi connectivity index (χ4n) is 2.50. The van der Waals surface area contributed by atoms with Crippen LogP contribution in [0.1, 0.15) is 34.5 Å². The molecule has 1 atom stereocenters. The number of nitrogens with one attached hydrogen (secondary N) is 1. The molecule has 26 heavy (non-hydrogen) atoms. The number of pyridine rings is 1. The minimum atomic E-state index is -0.430. The van der Waals surface area contributed by atoms with E-state index >= 15 is 0 Å². The maximum Gasteiger partial charge on any atom is 0.251 e. The number of ether oxygens (including phenoxy) is 1. The van der Waals surface area contributed by atoms with Gasteiger partial charge in [0.05, 0.1) is 6.04 Å². The number of carbonyl (C=O) groups excluding carboxylic acids is 1. The van der Waals surface area contributed by atoms with Crippen molar-refractivity contribution in [2.75, 3.05) is 0 Å². The Hall–Kier alpha value is -3.21. The first-order chi connectivity index (χ1) is 12.6. The number of hydrogen-bond acceptors (Lipinski definition) is 3. The predicted molar refractivity (Wildman–Crippen MR) is 97.3 cm³/mol. The summed E-state index contributed by atoms with van der Waals surface area (Å²) in [5, 5.41) is 2.86. The topological polar surface area (TPSA) is 51.2 Å². The largest absolute Gasteiger partial charge is 0.489 e. The zero-order valence-corrected chi connectivity index (χ0v) is 14.4. The van der Waals surface area contributed by atoms with E-state index < -0.39 is 5.82 Å². The van der Waals surface area contributed by atoms with Gasteiger partial charge in [-0.1, -0.05) is 24.3 Å². The van der Waals surface area contributed by atoms with Crippen LogP contribution in [0, 0.1) is 5.82 Å². The Morgan fingerprint density at radius 1 is 1.15 bits per heavy atom.